The molecule has 0 aliphatic carbocycles. The number of hydrogen-bond donors (Lipinski definition) is 1. The second-order valence-corrected chi connectivity index (χ2v) is 8.33. The maximum Gasteiger partial charge on any atom is 0.263 e. The van der Waals surface area contributed by atoms with Gasteiger partial charge in [-0.1, -0.05) is 42.8 Å². The van der Waals surface area contributed by atoms with E-state index in [2.05, 4.69) is 39.2 Å². The highest BCUT2D eigenvalue weighted by Crippen LogP contribution is 2.31. The molecule has 0 atom stereocenters. The van der Waals surface area contributed by atoms with Gasteiger partial charge < -0.3 is 15.0 Å². The summed E-state index contributed by atoms with van der Waals surface area (Å²) in [6.45, 7) is 4.05. The van der Waals surface area contributed by atoms with Crippen molar-refractivity contribution in [3.63, 3.8) is 0 Å². The summed E-state index contributed by atoms with van der Waals surface area (Å²) >= 11 is 6.02. The second-order valence-electron chi connectivity index (χ2n) is 7.89. The van der Waals surface area contributed by atoms with Crippen LogP contribution in [-0.4, -0.2) is 29.0 Å². The van der Waals surface area contributed by atoms with E-state index < -0.39 is 0 Å². The van der Waals surface area contributed by atoms with Gasteiger partial charge in [-0.3, -0.25) is 4.79 Å². The summed E-state index contributed by atoms with van der Waals surface area (Å²) in [7, 11) is 0. The normalized spacial score (nSPS) is 14.2. The number of nitrogens with one attached hydrogen (secondary N) is 1. The topological polar surface area (TPSA) is 67.4 Å². The van der Waals surface area contributed by atoms with Crippen LogP contribution in [0.3, 0.4) is 0 Å². The van der Waals surface area contributed by atoms with Crippen molar-refractivity contribution < 1.29 is 9.53 Å². The van der Waals surface area contributed by atoms with Crippen LogP contribution < -0.4 is 15.0 Å². The number of piperidine rings is 1. The highest BCUT2D eigenvalue weighted by atomic mass is 35.5. The smallest absolute Gasteiger partial charge is 0.263 e. The second kappa shape index (κ2) is 10.5. The molecule has 2 heterocycles. The van der Waals surface area contributed by atoms with E-state index in [1.54, 1.807) is 12.4 Å². The molecule has 0 spiro atoms. The minimum atomic E-state index is -0.0203. The molecule has 7 heteroatoms. The lowest BCUT2D eigenvalue weighted by Gasteiger charge is -2.32. The average Bonchev–Trinajstić information content (AvgIpc) is 2.83. The van der Waals surface area contributed by atoms with E-state index >= 15 is 0 Å². The predicted octanol–water partition coefficient (Wildman–Crippen LogP) is 5.02. The van der Waals surface area contributed by atoms with Gasteiger partial charge in [0.1, 0.15) is 5.75 Å². The molecule has 0 bridgehead atoms. The van der Waals surface area contributed by atoms with Gasteiger partial charge in [-0.2, -0.15) is 0 Å². The number of aromatic nitrogens is 2. The summed E-state index contributed by atoms with van der Waals surface area (Å²) in [4.78, 5) is 23.7. The average molecular weight is 451 g/mol. The number of amides is 1. The van der Waals surface area contributed by atoms with Gasteiger partial charge in [0.15, 0.2) is 5.82 Å². The molecule has 6 nitrogen and oxygen atoms in total. The van der Waals surface area contributed by atoms with Crippen molar-refractivity contribution in [3.05, 3.63) is 77.1 Å². The Balaban J connectivity index is 1.34. The van der Waals surface area contributed by atoms with Crippen LogP contribution in [0.25, 0.3) is 0 Å². The Bertz CT molecular complexity index is 1050. The van der Waals surface area contributed by atoms with Crippen molar-refractivity contribution >= 4 is 23.3 Å². The van der Waals surface area contributed by atoms with Gasteiger partial charge in [-0.15, -0.1) is 0 Å². The molecule has 1 aliphatic heterocycles. The first-order valence-corrected chi connectivity index (χ1v) is 11.3. The molecule has 2 aromatic carbocycles. The monoisotopic (exact) mass is 450 g/mol. The molecule has 1 fully saturated rings. The standard InChI is InChI=1S/C25H27ClN4O2/c1-2-18-6-8-22(9-7-18)32-25-23(27-12-13-28-25)30-14-10-20(11-15-30)24(31)29-17-19-4-3-5-21(26)16-19/h3-9,12-13,16,20H,2,10-11,14-15,17H2,1H3,(H,29,31). The third-order valence-electron chi connectivity index (χ3n) is 5.71. The number of halogens is 1. The largest absolute Gasteiger partial charge is 0.436 e. The summed E-state index contributed by atoms with van der Waals surface area (Å²) in [6.07, 6.45) is 5.80. The number of benzene rings is 2. The van der Waals surface area contributed by atoms with E-state index in [-0.39, 0.29) is 11.8 Å². The number of carbonyl (C=O) groups is 1. The summed E-state index contributed by atoms with van der Waals surface area (Å²) in [5, 5.41) is 3.71. The Kier molecular flexibility index (Phi) is 7.22. The lowest BCUT2D eigenvalue weighted by molar-refractivity contribution is -0.125. The molecule has 1 aliphatic rings. The van der Waals surface area contributed by atoms with Crippen molar-refractivity contribution in [2.75, 3.05) is 18.0 Å². The van der Waals surface area contributed by atoms with E-state index in [0.29, 0.717) is 23.3 Å². The number of hydrogen-bond acceptors (Lipinski definition) is 5. The minimum Gasteiger partial charge on any atom is -0.436 e. The molecule has 1 aromatic heterocycles. The molecule has 1 amide bonds. The van der Waals surface area contributed by atoms with Crippen LogP contribution in [0.2, 0.25) is 5.02 Å². The zero-order chi connectivity index (χ0) is 22.3. The lowest BCUT2D eigenvalue weighted by Crippen LogP contribution is -2.40. The summed E-state index contributed by atoms with van der Waals surface area (Å²) in [6, 6.07) is 15.6. The molecule has 1 saturated heterocycles. The van der Waals surface area contributed by atoms with Gasteiger partial charge in [0, 0.05) is 43.0 Å². The van der Waals surface area contributed by atoms with Crippen LogP contribution >= 0.6 is 11.6 Å². The van der Waals surface area contributed by atoms with Gasteiger partial charge in [0.05, 0.1) is 0 Å². The number of carbonyl (C=O) groups excluding carboxylic acids is 1. The molecule has 1 N–H and O–H groups in total. The third-order valence-corrected chi connectivity index (χ3v) is 5.95. The Morgan fingerprint density at radius 3 is 2.56 bits per heavy atom. The van der Waals surface area contributed by atoms with E-state index in [1.807, 2.05) is 36.4 Å². The maximum atomic E-state index is 12.6. The fraction of sp³-hybridized carbons (Fsp3) is 0.320. The molecule has 166 valence electrons. The van der Waals surface area contributed by atoms with Gasteiger partial charge in [-0.05, 0) is 54.7 Å². The molecule has 32 heavy (non-hydrogen) atoms. The van der Waals surface area contributed by atoms with Crippen molar-refractivity contribution in [3.8, 4) is 11.6 Å². The zero-order valence-corrected chi connectivity index (χ0v) is 18.9. The molecule has 0 saturated carbocycles. The number of rotatable bonds is 7. The van der Waals surface area contributed by atoms with E-state index in [9.17, 15) is 4.79 Å². The predicted molar refractivity (Wildman–Crippen MR) is 126 cm³/mol. The first-order chi connectivity index (χ1) is 15.6. The number of aryl methyl sites for hydroxylation is 1. The van der Waals surface area contributed by atoms with Crippen LogP contribution in [0.15, 0.2) is 60.9 Å². The fourth-order valence-electron chi connectivity index (χ4n) is 3.85. The Morgan fingerprint density at radius 1 is 1.09 bits per heavy atom. The Labute approximate surface area is 193 Å². The number of ether oxygens (including phenoxy) is 1. The maximum absolute atomic E-state index is 12.6. The SMILES string of the molecule is CCc1ccc(Oc2nccnc2N2CCC(C(=O)NCc3cccc(Cl)c3)CC2)cc1. The first kappa shape index (κ1) is 22.1. The summed E-state index contributed by atoms with van der Waals surface area (Å²) < 4.78 is 6.03. The van der Waals surface area contributed by atoms with Crippen LogP contribution in [0.5, 0.6) is 11.6 Å². The summed E-state index contributed by atoms with van der Waals surface area (Å²) in [5.41, 5.74) is 2.25. The highest BCUT2D eigenvalue weighted by Gasteiger charge is 2.27. The van der Waals surface area contributed by atoms with Crippen molar-refractivity contribution in [1.82, 2.24) is 15.3 Å². The molecule has 0 unspecified atom stereocenters. The number of anilines is 1. The molecule has 4 rings (SSSR count). The quantitative estimate of drug-likeness (QED) is 0.547. The first-order valence-electron chi connectivity index (χ1n) is 11.0. The Hall–Kier alpha value is -3.12. The zero-order valence-electron chi connectivity index (χ0n) is 18.1. The summed E-state index contributed by atoms with van der Waals surface area (Å²) in [5.74, 6) is 1.99. The number of nitrogens with zero attached hydrogens (tertiary/aromatic N) is 3. The van der Waals surface area contributed by atoms with Gasteiger partial charge >= 0.3 is 0 Å². The third kappa shape index (κ3) is 5.56. The molecule has 0 radical (unpaired) electrons. The van der Waals surface area contributed by atoms with Crippen LogP contribution in [0.1, 0.15) is 30.9 Å². The molecular formula is C25H27ClN4O2. The van der Waals surface area contributed by atoms with Crippen LogP contribution in [0, 0.1) is 5.92 Å². The highest BCUT2D eigenvalue weighted by molar-refractivity contribution is 6.30. The van der Waals surface area contributed by atoms with Gasteiger partial charge in [-0.25, -0.2) is 9.97 Å². The van der Waals surface area contributed by atoms with Crippen LogP contribution in [-0.2, 0) is 17.8 Å². The fourth-order valence-corrected chi connectivity index (χ4v) is 4.06. The van der Waals surface area contributed by atoms with E-state index in [1.165, 1.54) is 5.56 Å². The lowest BCUT2D eigenvalue weighted by atomic mass is 9.96. The van der Waals surface area contributed by atoms with Crippen LogP contribution in [0.4, 0.5) is 5.82 Å². The Morgan fingerprint density at radius 2 is 1.84 bits per heavy atom. The van der Waals surface area contributed by atoms with Crippen molar-refractivity contribution in [1.29, 1.82) is 0 Å². The van der Waals surface area contributed by atoms with E-state index in [0.717, 1.165) is 43.7 Å². The molecule has 3 aromatic rings. The minimum absolute atomic E-state index is 0.0203. The molecular weight excluding hydrogens is 424 g/mol. The van der Waals surface area contributed by atoms with Crippen molar-refractivity contribution in [2.24, 2.45) is 5.92 Å². The van der Waals surface area contributed by atoms with Gasteiger partial charge in [0.2, 0.25) is 5.91 Å². The van der Waals surface area contributed by atoms with Gasteiger partial charge in [0.25, 0.3) is 5.88 Å². The van der Waals surface area contributed by atoms with E-state index in [4.69, 9.17) is 16.3 Å². The van der Waals surface area contributed by atoms with Crippen molar-refractivity contribution in [2.45, 2.75) is 32.7 Å².